The predicted octanol–water partition coefficient (Wildman–Crippen LogP) is 2.09. The van der Waals surface area contributed by atoms with Crippen molar-refractivity contribution >= 4 is 43.9 Å². The van der Waals surface area contributed by atoms with Crippen LogP contribution in [0.5, 0.6) is 5.75 Å². The fraction of sp³-hybridized carbons (Fsp3) is 0.0714. The van der Waals surface area contributed by atoms with Gasteiger partial charge in [-0.3, -0.25) is 13.9 Å². The lowest BCUT2D eigenvalue weighted by molar-refractivity contribution is 0.102. The van der Waals surface area contributed by atoms with Crippen LogP contribution in [0.15, 0.2) is 52.3 Å². The summed E-state index contributed by atoms with van der Waals surface area (Å²) in [4.78, 5) is 10.7. The summed E-state index contributed by atoms with van der Waals surface area (Å²) in [7, 11) is -9.54. The van der Waals surface area contributed by atoms with Crippen molar-refractivity contribution in [1.82, 2.24) is 0 Å². The van der Waals surface area contributed by atoms with E-state index in [0.29, 0.717) is 11.8 Å². The van der Waals surface area contributed by atoms with Gasteiger partial charge in [-0.25, -0.2) is 0 Å². The van der Waals surface area contributed by atoms with E-state index in [2.05, 4.69) is 5.32 Å². The van der Waals surface area contributed by atoms with E-state index in [4.69, 9.17) is 13.3 Å². The first-order chi connectivity index (χ1) is 12.0. The second-order valence-corrected chi connectivity index (χ2v) is 8.22. The Morgan fingerprint density at radius 1 is 1.00 bits per heavy atom. The minimum Gasteiger partial charge on any atom is -0.426 e. The molecule has 140 valence electrons. The Balaban J connectivity index is 2.42. The van der Waals surface area contributed by atoms with Gasteiger partial charge < -0.3 is 9.50 Å². The number of hydrogen-bond acceptors (Lipinski definition) is 7. The van der Waals surface area contributed by atoms with E-state index < -0.39 is 35.9 Å². The number of carbonyl (C=O) groups excluding carboxylic acids is 1. The molecule has 0 saturated heterocycles. The zero-order valence-corrected chi connectivity index (χ0v) is 15.6. The molecule has 1 amide bonds. The summed E-state index contributed by atoms with van der Waals surface area (Å²) in [6.45, 7) is 0. The van der Waals surface area contributed by atoms with E-state index in [-0.39, 0.29) is 11.3 Å². The van der Waals surface area contributed by atoms with Crippen molar-refractivity contribution in [2.45, 2.75) is 9.79 Å². The average Bonchev–Trinajstić information content (AvgIpc) is 2.53. The van der Waals surface area contributed by atoms with Gasteiger partial charge in [0.2, 0.25) is 0 Å². The first-order valence-electron chi connectivity index (χ1n) is 6.73. The molecule has 0 aliphatic heterocycles. The number of benzene rings is 2. The van der Waals surface area contributed by atoms with Gasteiger partial charge in [-0.2, -0.15) is 16.8 Å². The Morgan fingerprint density at radius 3 is 2.08 bits per heavy atom. The molecule has 0 aliphatic rings. The zero-order chi connectivity index (χ0) is 19.5. The first-order valence-corrected chi connectivity index (χ1v) is 10.8. The molecule has 9 nitrogen and oxygen atoms in total. The van der Waals surface area contributed by atoms with E-state index in [1.54, 1.807) is 18.4 Å². The van der Waals surface area contributed by atoms with Crippen LogP contribution in [0.2, 0.25) is 0 Å². The van der Waals surface area contributed by atoms with Crippen molar-refractivity contribution in [3.8, 4) is 5.75 Å². The maximum atomic E-state index is 12.3. The second-order valence-electron chi connectivity index (χ2n) is 4.88. The van der Waals surface area contributed by atoms with E-state index in [1.165, 1.54) is 12.1 Å². The molecule has 0 atom stereocenters. The summed E-state index contributed by atoms with van der Waals surface area (Å²) in [5.74, 6) is -0.291. The van der Waals surface area contributed by atoms with Crippen LogP contribution in [0, 0.1) is 0 Å². The van der Waals surface area contributed by atoms with Crippen LogP contribution in [0.3, 0.4) is 0 Å². The highest BCUT2D eigenvalue weighted by molar-refractivity contribution is 7.94. The van der Waals surface area contributed by atoms with E-state index in [9.17, 15) is 21.6 Å². The highest BCUT2D eigenvalue weighted by Crippen LogP contribution is 2.23. The van der Waals surface area contributed by atoms with Gasteiger partial charge in [0.15, 0.2) is 0 Å². The summed E-state index contributed by atoms with van der Waals surface area (Å²) in [6, 6.07) is 8.31. The molecule has 2 aromatic carbocycles. The van der Waals surface area contributed by atoms with Crippen LogP contribution in [0.25, 0.3) is 0 Å². The molecule has 2 rings (SSSR count). The molecule has 0 aliphatic carbocycles. The van der Waals surface area contributed by atoms with Gasteiger partial charge >= 0.3 is 0 Å². The highest BCUT2D eigenvalue weighted by atomic mass is 32.2. The van der Waals surface area contributed by atoms with Gasteiger partial charge in [-0.15, -0.1) is 0 Å². The zero-order valence-electron chi connectivity index (χ0n) is 13.1. The number of carbonyl (C=O) groups is 1. The Kier molecular flexibility index (Phi) is 5.93. The molecular formula is C14H13NO8S3. The molecule has 0 radical (unpaired) electrons. The maximum Gasteiger partial charge on any atom is 0.294 e. The van der Waals surface area contributed by atoms with Crippen LogP contribution in [0.1, 0.15) is 10.4 Å². The summed E-state index contributed by atoms with van der Waals surface area (Å²) in [5.41, 5.74) is -0.101. The Morgan fingerprint density at radius 2 is 1.58 bits per heavy atom. The Hall–Kier alpha value is -2.12. The van der Waals surface area contributed by atoms with Crippen LogP contribution < -0.4 is 9.50 Å². The standard InChI is InChI=1S/C14H13NO8S3/c1-24-23-11-4-2-3-9(5-11)14(16)15-10-6-12(25(17,18)19)8-13(7-10)26(20,21)22/h2-8H,1H3,(H,15,16)(H,17,18,19)(H,20,21,22). The molecule has 0 bridgehead atoms. The van der Waals surface area contributed by atoms with Crippen LogP contribution in [-0.4, -0.2) is 38.1 Å². The molecule has 0 unspecified atom stereocenters. The van der Waals surface area contributed by atoms with Gasteiger partial charge in [0.1, 0.15) is 5.75 Å². The number of rotatable bonds is 6. The van der Waals surface area contributed by atoms with Crippen molar-refractivity contribution in [3.05, 3.63) is 48.0 Å². The molecule has 2 aromatic rings. The largest absolute Gasteiger partial charge is 0.426 e. The van der Waals surface area contributed by atoms with Gasteiger partial charge in [0.05, 0.1) is 21.8 Å². The third-order valence-electron chi connectivity index (χ3n) is 3.01. The summed E-state index contributed by atoms with van der Waals surface area (Å²) < 4.78 is 68.6. The average molecular weight is 419 g/mol. The molecule has 0 aromatic heterocycles. The second kappa shape index (κ2) is 7.63. The SMILES string of the molecule is CSOc1cccc(C(=O)Nc2cc(S(=O)(=O)O)cc(S(=O)(=O)O)c2)c1. The predicted molar refractivity (Wildman–Crippen MR) is 94.6 cm³/mol. The number of hydrogen-bond donors (Lipinski definition) is 3. The summed E-state index contributed by atoms with van der Waals surface area (Å²) >= 11 is 1.07. The lowest BCUT2D eigenvalue weighted by Crippen LogP contribution is -2.13. The number of amides is 1. The molecule has 3 N–H and O–H groups in total. The molecule has 0 fully saturated rings. The van der Waals surface area contributed by atoms with Crippen molar-refractivity contribution in [1.29, 1.82) is 0 Å². The van der Waals surface area contributed by atoms with Crippen molar-refractivity contribution in [3.63, 3.8) is 0 Å². The fourth-order valence-corrected chi connectivity index (χ4v) is 3.40. The third kappa shape index (κ3) is 5.19. The molecule has 0 spiro atoms. The molecule has 0 saturated carbocycles. The monoisotopic (exact) mass is 419 g/mol. The van der Waals surface area contributed by atoms with Crippen molar-refractivity contribution in [2.24, 2.45) is 0 Å². The highest BCUT2D eigenvalue weighted by Gasteiger charge is 2.19. The van der Waals surface area contributed by atoms with E-state index in [0.717, 1.165) is 24.2 Å². The van der Waals surface area contributed by atoms with Crippen LogP contribution in [-0.2, 0) is 20.2 Å². The molecule has 12 heteroatoms. The van der Waals surface area contributed by atoms with E-state index in [1.807, 2.05) is 0 Å². The van der Waals surface area contributed by atoms with Gasteiger partial charge in [-0.1, -0.05) is 6.07 Å². The lowest BCUT2D eigenvalue weighted by atomic mass is 10.2. The Labute approximate surface area is 154 Å². The van der Waals surface area contributed by atoms with Gasteiger partial charge in [0.25, 0.3) is 26.1 Å². The van der Waals surface area contributed by atoms with Gasteiger partial charge in [-0.05, 0) is 36.4 Å². The minimum absolute atomic E-state index is 0.155. The Bertz CT molecular complexity index is 997. The summed E-state index contributed by atoms with van der Waals surface area (Å²) in [5, 5.41) is 2.30. The maximum absolute atomic E-state index is 12.3. The lowest BCUT2D eigenvalue weighted by Gasteiger charge is -2.09. The minimum atomic E-state index is -4.77. The number of anilines is 1. The molecule has 26 heavy (non-hydrogen) atoms. The third-order valence-corrected chi connectivity index (χ3v) is 5.03. The first kappa shape index (κ1) is 20.2. The smallest absolute Gasteiger partial charge is 0.294 e. The topological polar surface area (TPSA) is 147 Å². The molecular weight excluding hydrogens is 406 g/mol. The molecule has 0 heterocycles. The van der Waals surface area contributed by atoms with Crippen molar-refractivity contribution in [2.75, 3.05) is 11.6 Å². The van der Waals surface area contributed by atoms with Crippen LogP contribution >= 0.6 is 12.0 Å². The van der Waals surface area contributed by atoms with Crippen LogP contribution in [0.4, 0.5) is 5.69 Å². The normalized spacial score (nSPS) is 11.8. The van der Waals surface area contributed by atoms with E-state index >= 15 is 0 Å². The fourth-order valence-electron chi connectivity index (χ4n) is 1.93. The summed E-state index contributed by atoms with van der Waals surface area (Å²) in [6.07, 6.45) is 1.68. The number of nitrogens with one attached hydrogen (secondary N) is 1. The van der Waals surface area contributed by atoms with Gasteiger partial charge in [0, 0.05) is 17.5 Å². The quantitative estimate of drug-likeness (QED) is 0.473. The van der Waals surface area contributed by atoms with Crippen molar-refractivity contribution < 1.29 is 34.9 Å².